The molecule has 0 unspecified atom stereocenters. The number of pyridine rings is 1. The number of nitrogens with one attached hydrogen (secondary N) is 1. The highest BCUT2D eigenvalue weighted by molar-refractivity contribution is 5.76. The monoisotopic (exact) mass is 485 g/mol. The zero-order valence-electron chi connectivity index (χ0n) is 21.3. The molecule has 1 saturated carbocycles. The highest BCUT2D eigenvalue weighted by Crippen LogP contribution is 2.30. The molecule has 4 aromatic rings. The van der Waals surface area contributed by atoms with Gasteiger partial charge in [-0.05, 0) is 60.7 Å². The second-order valence-electron chi connectivity index (χ2n) is 9.87. The molecule has 1 N–H and O–H groups in total. The molecule has 0 saturated heterocycles. The Morgan fingerprint density at radius 3 is 2.58 bits per heavy atom. The van der Waals surface area contributed by atoms with Crippen molar-refractivity contribution in [3.8, 4) is 22.6 Å². The van der Waals surface area contributed by atoms with Crippen LogP contribution in [0.25, 0.3) is 22.6 Å². The molecule has 0 bridgehead atoms. The minimum absolute atomic E-state index is 0.153. The van der Waals surface area contributed by atoms with Crippen LogP contribution in [-0.2, 0) is 13.0 Å². The quantitative estimate of drug-likeness (QED) is 0.317. The first-order valence-electron chi connectivity index (χ1n) is 13.3. The summed E-state index contributed by atoms with van der Waals surface area (Å²) in [5.74, 6) is 0.588. The first-order valence-corrected chi connectivity index (χ1v) is 13.3. The smallest absolute Gasteiger partial charge is 0.293 e. The standard InChI is InChI=1S/C28H35N7O/c1-3-4-6-13-25-20(2)35(23-10-7-5-8-11-23)28(36)34(25)19-21-14-16-22(17-15-21)26-24(12-9-18-29-26)27-30-32-33-31-27/h9,12,14-18,23H,3-8,10-11,13,19H2,1-2H3,(H,30,31,32,33). The molecule has 3 heterocycles. The minimum Gasteiger partial charge on any atom is -0.293 e. The number of rotatable bonds is 9. The fourth-order valence-electron chi connectivity index (χ4n) is 5.56. The van der Waals surface area contributed by atoms with E-state index in [9.17, 15) is 4.79 Å². The zero-order chi connectivity index (χ0) is 24.9. The number of aromatic nitrogens is 7. The van der Waals surface area contributed by atoms with E-state index in [1.54, 1.807) is 6.20 Å². The van der Waals surface area contributed by atoms with Crippen LogP contribution in [0.1, 0.15) is 81.3 Å². The number of tetrazole rings is 1. The molecule has 8 nitrogen and oxygen atoms in total. The predicted molar refractivity (Wildman–Crippen MR) is 141 cm³/mol. The van der Waals surface area contributed by atoms with Crippen LogP contribution >= 0.6 is 0 Å². The van der Waals surface area contributed by atoms with E-state index >= 15 is 0 Å². The fraction of sp³-hybridized carbons (Fsp3) is 0.464. The van der Waals surface area contributed by atoms with Crippen LogP contribution in [-0.4, -0.2) is 34.7 Å². The Hall–Kier alpha value is -3.55. The highest BCUT2D eigenvalue weighted by atomic mass is 16.1. The van der Waals surface area contributed by atoms with Crippen LogP contribution in [0.5, 0.6) is 0 Å². The topological polar surface area (TPSA) is 94.3 Å². The summed E-state index contributed by atoms with van der Waals surface area (Å²) in [6, 6.07) is 12.5. The van der Waals surface area contributed by atoms with Crippen molar-refractivity contribution in [2.45, 2.75) is 84.2 Å². The lowest BCUT2D eigenvalue weighted by Crippen LogP contribution is -2.29. The van der Waals surface area contributed by atoms with Crippen LogP contribution in [0.4, 0.5) is 0 Å². The molecular weight excluding hydrogens is 450 g/mol. The fourth-order valence-corrected chi connectivity index (χ4v) is 5.56. The molecule has 0 aliphatic heterocycles. The van der Waals surface area contributed by atoms with Gasteiger partial charge >= 0.3 is 5.69 Å². The van der Waals surface area contributed by atoms with Gasteiger partial charge in [0.25, 0.3) is 0 Å². The SMILES string of the molecule is CCCCCc1c(C)n(C2CCCCC2)c(=O)n1Cc1ccc(-c2ncccc2-c2nnn[nH]2)cc1. The molecule has 3 aromatic heterocycles. The van der Waals surface area contributed by atoms with E-state index in [0.717, 1.165) is 48.1 Å². The van der Waals surface area contributed by atoms with Gasteiger partial charge < -0.3 is 0 Å². The van der Waals surface area contributed by atoms with Gasteiger partial charge in [-0.15, -0.1) is 5.10 Å². The average Bonchev–Trinajstić information content (AvgIpc) is 3.53. The summed E-state index contributed by atoms with van der Waals surface area (Å²) in [4.78, 5) is 18.3. The Morgan fingerprint density at radius 2 is 1.86 bits per heavy atom. The Balaban J connectivity index is 1.45. The van der Waals surface area contributed by atoms with Crippen LogP contribution in [0.15, 0.2) is 47.4 Å². The summed E-state index contributed by atoms with van der Waals surface area (Å²) >= 11 is 0. The summed E-state index contributed by atoms with van der Waals surface area (Å²) < 4.78 is 4.14. The van der Waals surface area contributed by atoms with E-state index in [2.05, 4.69) is 68.3 Å². The molecule has 1 aliphatic carbocycles. The first-order chi connectivity index (χ1) is 17.7. The van der Waals surface area contributed by atoms with E-state index in [4.69, 9.17) is 0 Å². The molecule has 36 heavy (non-hydrogen) atoms. The maximum atomic E-state index is 13.7. The Bertz CT molecular complexity index is 1330. The number of hydrogen-bond acceptors (Lipinski definition) is 5. The molecule has 5 rings (SSSR count). The second-order valence-corrected chi connectivity index (χ2v) is 9.87. The zero-order valence-corrected chi connectivity index (χ0v) is 21.3. The van der Waals surface area contributed by atoms with Crippen LogP contribution in [0, 0.1) is 6.92 Å². The van der Waals surface area contributed by atoms with Crippen molar-refractivity contribution >= 4 is 0 Å². The van der Waals surface area contributed by atoms with Gasteiger partial charge in [-0.2, -0.15) is 0 Å². The predicted octanol–water partition coefficient (Wildman–Crippen LogP) is 5.49. The summed E-state index contributed by atoms with van der Waals surface area (Å²) in [6.07, 6.45) is 12.1. The Labute approximate surface area is 211 Å². The summed E-state index contributed by atoms with van der Waals surface area (Å²) in [5.41, 5.74) is 6.28. The summed E-state index contributed by atoms with van der Waals surface area (Å²) in [5, 5.41) is 14.3. The molecule has 0 amide bonds. The number of unbranched alkanes of at least 4 members (excludes halogenated alkanes) is 2. The molecule has 0 atom stereocenters. The molecule has 0 radical (unpaired) electrons. The first kappa shape index (κ1) is 24.2. The normalized spacial score (nSPS) is 14.4. The number of imidazole rings is 1. The van der Waals surface area contributed by atoms with Gasteiger partial charge in [0.1, 0.15) is 0 Å². The number of nitrogens with zero attached hydrogens (tertiary/aromatic N) is 6. The van der Waals surface area contributed by atoms with E-state index in [0.29, 0.717) is 18.4 Å². The van der Waals surface area contributed by atoms with Crippen molar-refractivity contribution in [1.82, 2.24) is 34.7 Å². The maximum absolute atomic E-state index is 13.7. The van der Waals surface area contributed by atoms with Gasteiger partial charge in [-0.1, -0.05) is 63.3 Å². The van der Waals surface area contributed by atoms with Crippen molar-refractivity contribution in [3.63, 3.8) is 0 Å². The number of benzene rings is 1. The van der Waals surface area contributed by atoms with E-state index in [1.165, 1.54) is 43.5 Å². The maximum Gasteiger partial charge on any atom is 0.329 e. The number of hydrogen-bond donors (Lipinski definition) is 1. The third-order valence-electron chi connectivity index (χ3n) is 7.48. The van der Waals surface area contributed by atoms with E-state index < -0.39 is 0 Å². The van der Waals surface area contributed by atoms with Gasteiger partial charge in [0.15, 0.2) is 5.82 Å². The molecule has 1 aliphatic rings. The molecule has 1 aromatic carbocycles. The van der Waals surface area contributed by atoms with Gasteiger partial charge in [0.05, 0.1) is 12.2 Å². The van der Waals surface area contributed by atoms with Crippen LogP contribution < -0.4 is 5.69 Å². The van der Waals surface area contributed by atoms with Gasteiger partial charge in [-0.3, -0.25) is 14.1 Å². The van der Waals surface area contributed by atoms with Crippen molar-refractivity contribution in [3.05, 3.63) is 70.0 Å². The van der Waals surface area contributed by atoms with Gasteiger partial charge in [0, 0.05) is 34.8 Å². The number of H-pyrrole nitrogens is 1. The van der Waals surface area contributed by atoms with Crippen molar-refractivity contribution in [2.75, 3.05) is 0 Å². The minimum atomic E-state index is 0.153. The van der Waals surface area contributed by atoms with Crippen LogP contribution in [0.3, 0.4) is 0 Å². The van der Waals surface area contributed by atoms with Gasteiger partial charge in [-0.25, -0.2) is 9.89 Å². The third-order valence-corrected chi connectivity index (χ3v) is 7.48. The van der Waals surface area contributed by atoms with Gasteiger partial charge in [0.2, 0.25) is 0 Å². The highest BCUT2D eigenvalue weighted by Gasteiger charge is 2.24. The lowest BCUT2D eigenvalue weighted by atomic mass is 9.95. The number of aromatic amines is 1. The second kappa shape index (κ2) is 11.0. The molecule has 188 valence electrons. The molecule has 8 heteroatoms. The van der Waals surface area contributed by atoms with E-state index in [-0.39, 0.29) is 5.69 Å². The Kier molecular flexibility index (Phi) is 7.39. The lowest BCUT2D eigenvalue weighted by Gasteiger charge is -2.23. The largest absolute Gasteiger partial charge is 0.329 e. The van der Waals surface area contributed by atoms with Crippen molar-refractivity contribution in [1.29, 1.82) is 0 Å². The molecule has 1 fully saturated rings. The lowest BCUT2D eigenvalue weighted by molar-refractivity contribution is 0.340. The van der Waals surface area contributed by atoms with E-state index in [1.807, 2.05) is 16.7 Å². The third kappa shape index (κ3) is 4.90. The molecular formula is C28H35N7O. The average molecular weight is 486 g/mol. The van der Waals surface area contributed by atoms with Crippen molar-refractivity contribution in [2.24, 2.45) is 0 Å². The van der Waals surface area contributed by atoms with Crippen LogP contribution in [0.2, 0.25) is 0 Å². The Morgan fingerprint density at radius 1 is 1.06 bits per heavy atom. The van der Waals surface area contributed by atoms with Crippen molar-refractivity contribution < 1.29 is 0 Å². The summed E-state index contributed by atoms with van der Waals surface area (Å²) in [7, 11) is 0. The molecule has 0 spiro atoms. The summed E-state index contributed by atoms with van der Waals surface area (Å²) in [6.45, 7) is 4.96.